The minimum atomic E-state index is -0.889. The normalized spacial score (nSPS) is 21.7. The predicted molar refractivity (Wildman–Crippen MR) is 125 cm³/mol. The fourth-order valence-corrected chi connectivity index (χ4v) is 3.84. The van der Waals surface area contributed by atoms with E-state index >= 15 is 0 Å². The molecule has 2 aliphatic rings. The second kappa shape index (κ2) is 12.2. The second-order valence-electron chi connectivity index (χ2n) is 8.63. The molecule has 0 saturated carbocycles. The number of anilines is 1. The summed E-state index contributed by atoms with van der Waals surface area (Å²) >= 11 is 0. The van der Waals surface area contributed by atoms with E-state index in [-0.39, 0.29) is 12.0 Å². The van der Waals surface area contributed by atoms with Crippen LogP contribution in [0, 0.1) is 0 Å². The molecule has 178 valence electrons. The van der Waals surface area contributed by atoms with Crippen LogP contribution in [0.25, 0.3) is 0 Å². The largest absolute Gasteiger partial charge is 0.387 e. The summed E-state index contributed by atoms with van der Waals surface area (Å²) < 4.78 is 10.8. The van der Waals surface area contributed by atoms with Crippen molar-refractivity contribution in [1.82, 2.24) is 15.5 Å². The van der Waals surface area contributed by atoms with E-state index in [0.29, 0.717) is 45.4 Å². The fraction of sp³-hybridized carbons (Fsp3) is 0.652. The summed E-state index contributed by atoms with van der Waals surface area (Å²) in [4.78, 5) is 19.1. The van der Waals surface area contributed by atoms with Crippen molar-refractivity contribution in [2.75, 3.05) is 57.9 Å². The first-order chi connectivity index (χ1) is 15.4. The number of amides is 1. The first-order valence-corrected chi connectivity index (χ1v) is 11.5. The van der Waals surface area contributed by atoms with Crippen LogP contribution >= 0.6 is 0 Å². The number of hydrogen-bond acceptors (Lipinski definition) is 6. The Bertz CT molecular complexity index is 759. The van der Waals surface area contributed by atoms with Gasteiger partial charge >= 0.3 is 0 Å². The summed E-state index contributed by atoms with van der Waals surface area (Å²) in [5.74, 6) is 0.546. The Hall–Kier alpha value is -2.20. The van der Waals surface area contributed by atoms with E-state index in [4.69, 9.17) is 9.47 Å². The lowest BCUT2D eigenvalue weighted by Crippen LogP contribution is -2.52. The zero-order chi connectivity index (χ0) is 22.8. The third-order valence-corrected chi connectivity index (χ3v) is 5.49. The highest BCUT2D eigenvalue weighted by Gasteiger charge is 2.26. The van der Waals surface area contributed by atoms with Crippen molar-refractivity contribution >= 4 is 17.6 Å². The Morgan fingerprint density at radius 2 is 2.09 bits per heavy atom. The molecule has 2 fully saturated rings. The Morgan fingerprint density at radius 3 is 2.81 bits per heavy atom. The Balaban J connectivity index is 1.53. The van der Waals surface area contributed by atoms with Gasteiger partial charge in [-0.1, -0.05) is 12.1 Å². The number of morpholine rings is 1. The number of carbonyl (C=O) groups is 1. The third kappa shape index (κ3) is 8.05. The molecule has 0 radical (unpaired) electrons. The first-order valence-electron chi connectivity index (χ1n) is 11.5. The van der Waals surface area contributed by atoms with Crippen molar-refractivity contribution in [2.24, 2.45) is 4.99 Å². The quantitative estimate of drug-likeness (QED) is 0.330. The van der Waals surface area contributed by atoms with Crippen molar-refractivity contribution in [3.63, 3.8) is 0 Å². The van der Waals surface area contributed by atoms with Crippen LogP contribution in [-0.4, -0.2) is 86.1 Å². The molecule has 4 N–H and O–H groups in total. The molecule has 32 heavy (non-hydrogen) atoms. The van der Waals surface area contributed by atoms with Gasteiger partial charge in [0.2, 0.25) is 0 Å². The Kier molecular flexibility index (Phi) is 9.28. The summed E-state index contributed by atoms with van der Waals surface area (Å²) in [5, 5.41) is 20.2. The van der Waals surface area contributed by atoms with Crippen LogP contribution in [0.3, 0.4) is 0 Å². The molecular weight excluding hydrogens is 410 g/mol. The number of ether oxygens (including phenoxy) is 2. The summed E-state index contributed by atoms with van der Waals surface area (Å²) in [6, 6.07) is 7.67. The van der Waals surface area contributed by atoms with Crippen LogP contribution < -0.4 is 16.0 Å². The average Bonchev–Trinajstić information content (AvgIpc) is 3.32. The van der Waals surface area contributed by atoms with Crippen molar-refractivity contribution in [3.05, 3.63) is 29.8 Å². The number of β-amino-alcohol motifs (C(OH)–C–C–N with tert-alkyl or cyclic N) is 1. The van der Waals surface area contributed by atoms with E-state index in [1.165, 1.54) is 0 Å². The van der Waals surface area contributed by atoms with Gasteiger partial charge in [0.15, 0.2) is 5.96 Å². The maximum Gasteiger partial charge on any atom is 0.253 e. The van der Waals surface area contributed by atoms with Gasteiger partial charge in [0.1, 0.15) is 6.10 Å². The third-order valence-electron chi connectivity index (χ3n) is 5.49. The zero-order valence-electron chi connectivity index (χ0n) is 19.2. The summed E-state index contributed by atoms with van der Waals surface area (Å²) in [6.07, 6.45) is 1.33. The van der Waals surface area contributed by atoms with Crippen molar-refractivity contribution in [2.45, 2.75) is 44.9 Å². The lowest BCUT2D eigenvalue weighted by atomic mass is 10.1. The SMILES string of the molecule is CCNC(=NCc1cccc(NC(=O)C2CCCO2)c1)NCC(C)(O)CN1CCOCC1. The number of hydrogen-bond donors (Lipinski definition) is 4. The van der Waals surface area contributed by atoms with Gasteiger partial charge in [-0.25, -0.2) is 4.99 Å². The van der Waals surface area contributed by atoms with Crippen LogP contribution in [0.5, 0.6) is 0 Å². The highest BCUT2D eigenvalue weighted by atomic mass is 16.5. The summed E-state index contributed by atoms with van der Waals surface area (Å²) in [7, 11) is 0. The summed E-state index contributed by atoms with van der Waals surface area (Å²) in [5.41, 5.74) is 0.831. The molecule has 2 saturated heterocycles. The van der Waals surface area contributed by atoms with Crippen molar-refractivity contribution in [1.29, 1.82) is 0 Å². The fourth-order valence-electron chi connectivity index (χ4n) is 3.84. The average molecular weight is 448 g/mol. The standard InChI is InChI=1S/C23H37N5O4/c1-3-24-22(26-16-23(2,30)17-28-9-12-31-13-10-28)25-15-18-6-4-7-19(14-18)27-21(29)20-8-5-11-32-20/h4,6-7,14,20,30H,3,5,8-13,15-17H2,1-2H3,(H,27,29)(H2,24,25,26). The molecule has 2 aliphatic heterocycles. The molecule has 2 unspecified atom stereocenters. The highest BCUT2D eigenvalue weighted by Crippen LogP contribution is 2.16. The molecule has 9 heteroatoms. The monoisotopic (exact) mass is 447 g/mol. The molecule has 1 amide bonds. The van der Waals surface area contributed by atoms with Crippen LogP contribution in [0.2, 0.25) is 0 Å². The number of aliphatic imine (C=N–C) groups is 1. The van der Waals surface area contributed by atoms with E-state index in [1.54, 1.807) is 0 Å². The minimum Gasteiger partial charge on any atom is -0.387 e. The number of nitrogens with zero attached hydrogens (tertiary/aromatic N) is 2. The van der Waals surface area contributed by atoms with E-state index in [2.05, 4.69) is 25.8 Å². The topological polar surface area (TPSA) is 107 Å². The number of rotatable bonds is 9. The van der Waals surface area contributed by atoms with Gasteiger partial charge < -0.3 is 30.5 Å². The molecule has 2 heterocycles. The molecule has 0 aliphatic carbocycles. The molecule has 1 aromatic carbocycles. The molecule has 1 aromatic rings. The first kappa shape index (κ1) is 24.4. The Labute approximate surface area is 190 Å². The van der Waals surface area contributed by atoms with Crippen LogP contribution in [-0.2, 0) is 20.8 Å². The van der Waals surface area contributed by atoms with Crippen LogP contribution in [0.4, 0.5) is 5.69 Å². The maximum atomic E-state index is 12.3. The van der Waals surface area contributed by atoms with E-state index in [0.717, 1.165) is 43.7 Å². The van der Waals surface area contributed by atoms with Gasteiger partial charge in [0.25, 0.3) is 5.91 Å². The smallest absolute Gasteiger partial charge is 0.253 e. The zero-order valence-corrected chi connectivity index (χ0v) is 19.2. The second-order valence-corrected chi connectivity index (χ2v) is 8.63. The predicted octanol–water partition coefficient (Wildman–Crippen LogP) is 0.942. The van der Waals surface area contributed by atoms with Crippen LogP contribution in [0.15, 0.2) is 29.3 Å². The molecule has 3 rings (SSSR count). The van der Waals surface area contributed by atoms with Crippen LogP contribution in [0.1, 0.15) is 32.3 Å². The van der Waals surface area contributed by atoms with Gasteiger partial charge in [-0.15, -0.1) is 0 Å². The number of aliphatic hydroxyl groups is 1. The van der Waals surface area contributed by atoms with Gasteiger partial charge in [0.05, 0.1) is 25.4 Å². The van der Waals surface area contributed by atoms with Gasteiger partial charge in [-0.2, -0.15) is 0 Å². The molecule has 0 aromatic heterocycles. The van der Waals surface area contributed by atoms with Crippen molar-refractivity contribution < 1.29 is 19.4 Å². The number of carbonyl (C=O) groups excluding carboxylic acids is 1. The van der Waals surface area contributed by atoms with Gasteiger partial charge in [-0.05, 0) is 44.4 Å². The molecule has 2 atom stereocenters. The molecular formula is C23H37N5O4. The molecule has 9 nitrogen and oxygen atoms in total. The highest BCUT2D eigenvalue weighted by molar-refractivity contribution is 5.94. The van der Waals surface area contributed by atoms with E-state index < -0.39 is 5.60 Å². The van der Waals surface area contributed by atoms with E-state index in [1.807, 2.05) is 38.1 Å². The number of guanidine groups is 1. The van der Waals surface area contributed by atoms with Crippen molar-refractivity contribution in [3.8, 4) is 0 Å². The minimum absolute atomic E-state index is 0.0966. The molecule has 0 spiro atoms. The Morgan fingerprint density at radius 1 is 1.28 bits per heavy atom. The van der Waals surface area contributed by atoms with E-state index in [9.17, 15) is 9.90 Å². The van der Waals surface area contributed by atoms with Gasteiger partial charge in [-0.3, -0.25) is 9.69 Å². The number of benzene rings is 1. The number of nitrogens with one attached hydrogen (secondary N) is 3. The lowest BCUT2D eigenvalue weighted by molar-refractivity contribution is -0.124. The van der Waals surface area contributed by atoms with Gasteiger partial charge in [0, 0.05) is 45.0 Å². The lowest BCUT2D eigenvalue weighted by Gasteiger charge is -2.34. The maximum absolute atomic E-state index is 12.3. The summed E-state index contributed by atoms with van der Waals surface area (Å²) in [6.45, 7) is 9.70. The molecule has 0 bridgehead atoms.